The predicted octanol–water partition coefficient (Wildman–Crippen LogP) is 0.875. The SMILES string of the molecule is O=C(NCCn1ccnc1)NCc1ccccc1CO. The molecule has 3 N–H and O–H groups in total. The van der Waals surface area contributed by atoms with E-state index in [1.165, 1.54) is 0 Å². The first-order chi connectivity index (χ1) is 9.79. The number of carbonyl (C=O) groups excluding carboxylic acids is 1. The van der Waals surface area contributed by atoms with Gasteiger partial charge in [0.05, 0.1) is 12.9 Å². The number of imidazole rings is 1. The van der Waals surface area contributed by atoms with Crippen LogP contribution in [0.3, 0.4) is 0 Å². The second-order valence-corrected chi connectivity index (χ2v) is 4.34. The fourth-order valence-electron chi connectivity index (χ4n) is 1.84. The van der Waals surface area contributed by atoms with Crippen molar-refractivity contribution in [3.05, 3.63) is 54.1 Å². The standard InChI is InChI=1S/C14H18N4O2/c19-10-13-4-2-1-3-12(13)9-17-14(20)16-6-8-18-7-5-15-11-18/h1-5,7,11,19H,6,8-10H2,(H2,16,17,20). The molecule has 106 valence electrons. The summed E-state index contributed by atoms with van der Waals surface area (Å²) in [6.07, 6.45) is 5.25. The molecule has 0 atom stereocenters. The zero-order chi connectivity index (χ0) is 14.2. The molecule has 6 nitrogen and oxygen atoms in total. The normalized spacial score (nSPS) is 10.2. The Kier molecular flexibility index (Phi) is 5.14. The van der Waals surface area contributed by atoms with Gasteiger partial charge in [0, 0.05) is 32.0 Å². The number of rotatable bonds is 6. The van der Waals surface area contributed by atoms with Crippen LogP contribution >= 0.6 is 0 Å². The van der Waals surface area contributed by atoms with Crippen LogP contribution in [0.2, 0.25) is 0 Å². The third kappa shape index (κ3) is 4.10. The van der Waals surface area contributed by atoms with Crippen molar-refractivity contribution in [1.29, 1.82) is 0 Å². The van der Waals surface area contributed by atoms with E-state index in [1.54, 1.807) is 12.5 Å². The molecule has 2 rings (SSSR count). The Morgan fingerprint density at radius 2 is 2.05 bits per heavy atom. The van der Waals surface area contributed by atoms with Crippen molar-refractivity contribution >= 4 is 6.03 Å². The summed E-state index contributed by atoms with van der Waals surface area (Å²) < 4.78 is 1.89. The third-order valence-corrected chi connectivity index (χ3v) is 2.94. The van der Waals surface area contributed by atoms with Crippen LogP contribution in [0.15, 0.2) is 43.0 Å². The van der Waals surface area contributed by atoms with Crippen molar-refractivity contribution in [2.45, 2.75) is 19.7 Å². The van der Waals surface area contributed by atoms with E-state index in [-0.39, 0.29) is 12.6 Å². The van der Waals surface area contributed by atoms with Gasteiger partial charge in [-0.1, -0.05) is 24.3 Å². The molecule has 0 saturated carbocycles. The zero-order valence-electron chi connectivity index (χ0n) is 11.1. The number of aromatic nitrogens is 2. The first kappa shape index (κ1) is 14.1. The van der Waals surface area contributed by atoms with Crippen LogP contribution in [0.25, 0.3) is 0 Å². The van der Waals surface area contributed by atoms with E-state index in [0.717, 1.165) is 11.1 Å². The topological polar surface area (TPSA) is 79.2 Å². The summed E-state index contributed by atoms with van der Waals surface area (Å²) in [5.74, 6) is 0. The molecule has 6 heteroatoms. The van der Waals surface area contributed by atoms with Crippen LogP contribution in [-0.4, -0.2) is 27.2 Å². The monoisotopic (exact) mass is 274 g/mol. The Balaban J connectivity index is 1.72. The number of aliphatic hydroxyl groups excluding tert-OH is 1. The van der Waals surface area contributed by atoms with E-state index in [2.05, 4.69) is 15.6 Å². The van der Waals surface area contributed by atoms with Crippen molar-refractivity contribution in [2.24, 2.45) is 0 Å². The van der Waals surface area contributed by atoms with Crippen molar-refractivity contribution in [2.75, 3.05) is 6.54 Å². The third-order valence-electron chi connectivity index (χ3n) is 2.94. The maximum Gasteiger partial charge on any atom is 0.315 e. The molecule has 1 heterocycles. The molecule has 2 aromatic rings. The van der Waals surface area contributed by atoms with Crippen LogP contribution in [0.1, 0.15) is 11.1 Å². The van der Waals surface area contributed by atoms with Crippen molar-refractivity contribution < 1.29 is 9.90 Å². The van der Waals surface area contributed by atoms with Gasteiger partial charge in [-0.3, -0.25) is 0 Å². The highest BCUT2D eigenvalue weighted by atomic mass is 16.3. The van der Waals surface area contributed by atoms with Gasteiger partial charge in [0.1, 0.15) is 0 Å². The smallest absolute Gasteiger partial charge is 0.315 e. The maximum atomic E-state index is 11.6. The molecule has 0 aliphatic heterocycles. The first-order valence-corrected chi connectivity index (χ1v) is 6.44. The Labute approximate surface area is 117 Å². The molecule has 0 saturated heterocycles. The number of nitrogens with zero attached hydrogens (tertiary/aromatic N) is 2. The van der Waals surface area contributed by atoms with Crippen molar-refractivity contribution in [3.8, 4) is 0 Å². The predicted molar refractivity (Wildman–Crippen MR) is 74.8 cm³/mol. The minimum Gasteiger partial charge on any atom is -0.392 e. The first-order valence-electron chi connectivity index (χ1n) is 6.44. The molecule has 1 aromatic carbocycles. The molecule has 0 spiro atoms. The van der Waals surface area contributed by atoms with E-state index in [0.29, 0.717) is 19.6 Å². The number of benzene rings is 1. The fraction of sp³-hybridized carbons (Fsp3) is 0.286. The Hall–Kier alpha value is -2.34. The van der Waals surface area contributed by atoms with E-state index in [4.69, 9.17) is 0 Å². The molecule has 0 bridgehead atoms. The van der Waals surface area contributed by atoms with Gasteiger partial charge in [-0.05, 0) is 11.1 Å². The minimum absolute atomic E-state index is 0.0277. The Bertz CT molecular complexity index is 540. The molecule has 0 unspecified atom stereocenters. The lowest BCUT2D eigenvalue weighted by Crippen LogP contribution is -2.36. The van der Waals surface area contributed by atoms with Crippen LogP contribution in [0.5, 0.6) is 0 Å². The Morgan fingerprint density at radius 1 is 1.25 bits per heavy atom. The van der Waals surface area contributed by atoms with Crippen molar-refractivity contribution in [3.63, 3.8) is 0 Å². The van der Waals surface area contributed by atoms with Crippen LogP contribution < -0.4 is 10.6 Å². The number of urea groups is 1. The van der Waals surface area contributed by atoms with Crippen LogP contribution in [0.4, 0.5) is 4.79 Å². The number of carbonyl (C=O) groups is 1. The lowest BCUT2D eigenvalue weighted by molar-refractivity contribution is 0.239. The number of nitrogens with one attached hydrogen (secondary N) is 2. The second kappa shape index (κ2) is 7.30. The number of hydrogen-bond acceptors (Lipinski definition) is 3. The molecule has 0 aliphatic carbocycles. The lowest BCUT2D eigenvalue weighted by Gasteiger charge is -2.10. The molecule has 20 heavy (non-hydrogen) atoms. The summed E-state index contributed by atoms with van der Waals surface area (Å²) >= 11 is 0. The summed E-state index contributed by atoms with van der Waals surface area (Å²) in [7, 11) is 0. The lowest BCUT2D eigenvalue weighted by atomic mass is 10.1. The van der Waals surface area contributed by atoms with E-state index >= 15 is 0 Å². The van der Waals surface area contributed by atoms with Gasteiger partial charge in [-0.25, -0.2) is 9.78 Å². The summed E-state index contributed by atoms with van der Waals surface area (Å²) in [6.45, 7) is 1.58. The van der Waals surface area contributed by atoms with Gasteiger partial charge >= 0.3 is 6.03 Å². The average Bonchev–Trinajstić information content (AvgIpc) is 2.98. The van der Waals surface area contributed by atoms with Gasteiger partial charge in [0.15, 0.2) is 0 Å². The van der Waals surface area contributed by atoms with Gasteiger partial charge in [0.2, 0.25) is 0 Å². The van der Waals surface area contributed by atoms with E-state index < -0.39 is 0 Å². The van der Waals surface area contributed by atoms with E-state index in [9.17, 15) is 9.90 Å². The summed E-state index contributed by atoms with van der Waals surface area (Å²) in [4.78, 5) is 15.6. The second-order valence-electron chi connectivity index (χ2n) is 4.34. The van der Waals surface area contributed by atoms with Crippen molar-refractivity contribution in [1.82, 2.24) is 20.2 Å². The largest absolute Gasteiger partial charge is 0.392 e. The molecule has 0 radical (unpaired) electrons. The molecule has 0 aliphatic rings. The van der Waals surface area contributed by atoms with Crippen LogP contribution in [-0.2, 0) is 19.7 Å². The molecule has 2 amide bonds. The quantitative estimate of drug-likeness (QED) is 0.731. The molecular formula is C14H18N4O2. The number of amides is 2. The van der Waals surface area contributed by atoms with Gasteiger partial charge in [0.25, 0.3) is 0 Å². The van der Waals surface area contributed by atoms with Crippen LogP contribution in [0, 0.1) is 0 Å². The zero-order valence-corrected chi connectivity index (χ0v) is 11.1. The average molecular weight is 274 g/mol. The summed E-state index contributed by atoms with van der Waals surface area (Å²) in [5, 5.41) is 14.7. The minimum atomic E-state index is -0.224. The number of aliphatic hydroxyl groups is 1. The van der Waals surface area contributed by atoms with Gasteiger partial charge in [-0.2, -0.15) is 0 Å². The molecule has 1 aromatic heterocycles. The number of hydrogen-bond donors (Lipinski definition) is 3. The Morgan fingerprint density at radius 3 is 2.75 bits per heavy atom. The summed E-state index contributed by atoms with van der Waals surface area (Å²) in [5.41, 5.74) is 1.74. The van der Waals surface area contributed by atoms with Gasteiger partial charge in [-0.15, -0.1) is 0 Å². The fourth-order valence-corrected chi connectivity index (χ4v) is 1.84. The molecule has 0 fully saturated rings. The summed E-state index contributed by atoms with van der Waals surface area (Å²) in [6, 6.07) is 7.25. The highest BCUT2D eigenvalue weighted by molar-refractivity contribution is 5.73. The highest BCUT2D eigenvalue weighted by Gasteiger charge is 2.03. The van der Waals surface area contributed by atoms with E-state index in [1.807, 2.05) is 35.0 Å². The van der Waals surface area contributed by atoms with Gasteiger partial charge < -0.3 is 20.3 Å². The molecular weight excluding hydrogens is 256 g/mol. The highest BCUT2D eigenvalue weighted by Crippen LogP contribution is 2.07. The maximum absolute atomic E-state index is 11.6.